The molecule has 2 aromatic heterocycles. The molecular formula is C22H31N5O3S. The molecule has 8 nitrogen and oxygen atoms in total. The van der Waals surface area contributed by atoms with E-state index in [1.165, 1.54) is 16.2 Å². The highest BCUT2D eigenvalue weighted by Gasteiger charge is 2.42. The second-order valence-electron chi connectivity index (χ2n) is 9.21. The zero-order valence-electron chi connectivity index (χ0n) is 18.6. The molecule has 0 radical (unpaired) electrons. The Bertz CT molecular complexity index is 937. The molecule has 0 aromatic carbocycles. The van der Waals surface area contributed by atoms with Crippen LogP contribution in [0.25, 0.3) is 10.6 Å². The fourth-order valence-electron chi connectivity index (χ4n) is 3.59. The van der Waals surface area contributed by atoms with E-state index in [4.69, 9.17) is 5.73 Å². The molecule has 0 saturated carbocycles. The van der Waals surface area contributed by atoms with Gasteiger partial charge in [-0.3, -0.25) is 14.6 Å². The molecular weight excluding hydrogens is 414 g/mol. The number of aliphatic hydroxyl groups is 1. The highest BCUT2D eigenvalue weighted by Crippen LogP contribution is 2.27. The van der Waals surface area contributed by atoms with Crippen molar-refractivity contribution in [2.24, 2.45) is 11.1 Å². The molecule has 1 fully saturated rings. The van der Waals surface area contributed by atoms with Crippen molar-refractivity contribution in [3.63, 3.8) is 0 Å². The van der Waals surface area contributed by atoms with Crippen LogP contribution in [0.4, 0.5) is 0 Å². The molecule has 0 bridgehead atoms. The SMILES string of the molecule is Cc1ncsc1-c1ccc([C@H](C)NC(=O)[C@@H]2C[C@@H](O)CN2C(=O)[C@@H](N)C(C)(C)C)cn1. The number of pyridine rings is 1. The Morgan fingerprint density at radius 2 is 2.03 bits per heavy atom. The number of rotatable bonds is 5. The average molecular weight is 446 g/mol. The van der Waals surface area contributed by atoms with Crippen LogP contribution >= 0.6 is 11.3 Å². The van der Waals surface area contributed by atoms with Crippen molar-refractivity contribution in [2.45, 2.75) is 65.3 Å². The fourth-order valence-corrected chi connectivity index (χ4v) is 4.37. The molecule has 9 heteroatoms. The molecule has 2 amide bonds. The zero-order chi connectivity index (χ0) is 22.9. The molecule has 31 heavy (non-hydrogen) atoms. The summed E-state index contributed by atoms with van der Waals surface area (Å²) in [4.78, 5) is 37.1. The molecule has 0 unspecified atom stereocenters. The predicted molar refractivity (Wildman–Crippen MR) is 120 cm³/mol. The van der Waals surface area contributed by atoms with Gasteiger partial charge in [0.15, 0.2) is 0 Å². The molecule has 168 valence electrons. The highest BCUT2D eigenvalue weighted by atomic mass is 32.1. The first-order valence-corrected chi connectivity index (χ1v) is 11.3. The van der Waals surface area contributed by atoms with E-state index in [0.717, 1.165) is 21.8 Å². The van der Waals surface area contributed by atoms with Crippen LogP contribution in [-0.4, -0.2) is 56.5 Å². The number of nitrogens with one attached hydrogen (secondary N) is 1. The van der Waals surface area contributed by atoms with Gasteiger partial charge in [0.25, 0.3) is 0 Å². The lowest BCUT2D eigenvalue weighted by Gasteiger charge is -2.32. The van der Waals surface area contributed by atoms with Crippen molar-refractivity contribution in [1.82, 2.24) is 20.2 Å². The largest absolute Gasteiger partial charge is 0.391 e. The Kier molecular flexibility index (Phi) is 6.78. The first kappa shape index (κ1) is 23.3. The van der Waals surface area contributed by atoms with E-state index in [1.54, 1.807) is 11.7 Å². The number of aryl methyl sites for hydroxylation is 1. The number of hydrogen-bond donors (Lipinski definition) is 3. The minimum absolute atomic E-state index is 0.111. The highest BCUT2D eigenvalue weighted by molar-refractivity contribution is 7.13. The third-order valence-corrected chi connectivity index (χ3v) is 6.64. The molecule has 4 N–H and O–H groups in total. The van der Waals surface area contributed by atoms with E-state index >= 15 is 0 Å². The number of thiazole rings is 1. The van der Waals surface area contributed by atoms with Gasteiger partial charge in [-0.1, -0.05) is 26.8 Å². The average Bonchev–Trinajstić information content (AvgIpc) is 3.31. The molecule has 4 atom stereocenters. The number of β-amino-alcohol motifs (C(OH)–C–C–N with tert-alkyl or cyclic N) is 1. The number of amides is 2. The summed E-state index contributed by atoms with van der Waals surface area (Å²) in [6, 6.07) is 2.04. The van der Waals surface area contributed by atoms with Gasteiger partial charge in [0, 0.05) is 19.2 Å². The van der Waals surface area contributed by atoms with Gasteiger partial charge in [0.2, 0.25) is 11.8 Å². The summed E-state index contributed by atoms with van der Waals surface area (Å²) >= 11 is 1.54. The first-order chi connectivity index (χ1) is 14.5. The number of likely N-dealkylation sites (tertiary alicyclic amines) is 1. The topological polar surface area (TPSA) is 121 Å². The normalized spacial score (nSPS) is 21.1. The van der Waals surface area contributed by atoms with Crippen LogP contribution in [0.3, 0.4) is 0 Å². The Morgan fingerprint density at radius 1 is 1.32 bits per heavy atom. The summed E-state index contributed by atoms with van der Waals surface area (Å²) in [5.74, 6) is -0.622. The third kappa shape index (κ3) is 5.11. The van der Waals surface area contributed by atoms with Gasteiger partial charge >= 0.3 is 0 Å². The minimum atomic E-state index is -0.752. The summed E-state index contributed by atoms with van der Waals surface area (Å²) in [5, 5.41) is 13.1. The Morgan fingerprint density at radius 3 is 2.58 bits per heavy atom. The maximum atomic E-state index is 13.0. The summed E-state index contributed by atoms with van der Waals surface area (Å²) in [6.45, 7) is 9.56. The molecule has 0 aliphatic carbocycles. The number of carbonyl (C=O) groups is 2. The lowest BCUT2D eigenvalue weighted by atomic mass is 9.86. The van der Waals surface area contributed by atoms with E-state index in [0.29, 0.717) is 0 Å². The van der Waals surface area contributed by atoms with Crippen LogP contribution in [0.15, 0.2) is 23.8 Å². The van der Waals surface area contributed by atoms with Gasteiger partial charge in [-0.05, 0) is 30.9 Å². The molecule has 1 aliphatic heterocycles. The van der Waals surface area contributed by atoms with Gasteiger partial charge in [0.05, 0.1) is 40.0 Å². The Hall–Kier alpha value is -2.36. The fraction of sp³-hybridized carbons (Fsp3) is 0.545. The number of hydrogen-bond acceptors (Lipinski definition) is 7. The molecule has 0 spiro atoms. The van der Waals surface area contributed by atoms with Crippen LogP contribution in [0.1, 0.15) is 51.4 Å². The van der Waals surface area contributed by atoms with Crippen LogP contribution in [-0.2, 0) is 9.59 Å². The molecule has 3 heterocycles. The number of nitrogens with zero attached hydrogens (tertiary/aromatic N) is 3. The molecule has 3 rings (SSSR count). The van der Waals surface area contributed by atoms with Gasteiger partial charge in [-0.2, -0.15) is 0 Å². The van der Waals surface area contributed by atoms with Gasteiger partial charge in [0.1, 0.15) is 6.04 Å². The van der Waals surface area contributed by atoms with E-state index in [2.05, 4.69) is 15.3 Å². The van der Waals surface area contributed by atoms with E-state index in [1.807, 2.05) is 46.8 Å². The van der Waals surface area contributed by atoms with Crippen molar-refractivity contribution < 1.29 is 14.7 Å². The second-order valence-corrected chi connectivity index (χ2v) is 10.1. The number of carbonyl (C=O) groups excluding carboxylic acids is 2. The van der Waals surface area contributed by atoms with Gasteiger partial charge in [-0.25, -0.2) is 4.98 Å². The van der Waals surface area contributed by atoms with E-state index in [-0.39, 0.29) is 30.8 Å². The van der Waals surface area contributed by atoms with Crippen LogP contribution in [0.5, 0.6) is 0 Å². The number of aliphatic hydroxyl groups excluding tert-OH is 1. The van der Waals surface area contributed by atoms with Crippen LogP contribution in [0, 0.1) is 12.3 Å². The number of nitrogens with two attached hydrogens (primary N) is 1. The lowest BCUT2D eigenvalue weighted by Crippen LogP contribution is -2.55. The van der Waals surface area contributed by atoms with Crippen LogP contribution in [0.2, 0.25) is 0 Å². The quantitative estimate of drug-likeness (QED) is 0.647. The minimum Gasteiger partial charge on any atom is -0.391 e. The number of aromatic nitrogens is 2. The van der Waals surface area contributed by atoms with Crippen molar-refractivity contribution in [2.75, 3.05) is 6.54 Å². The predicted octanol–water partition coefficient (Wildman–Crippen LogP) is 2.03. The molecule has 1 saturated heterocycles. The van der Waals surface area contributed by atoms with Gasteiger partial charge < -0.3 is 21.1 Å². The maximum absolute atomic E-state index is 13.0. The van der Waals surface area contributed by atoms with E-state index < -0.39 is 23.6 Å². The monoisotopic (exact) mass is 445 g/mol. The molecule has 2 aromatic rings. The van der Waals surface area contributed by atoms with Crippen molar-refractivity contribution in [1.29, 1.82) is 0 Å². The maximum Gasteiger partial charge on any atom is 0.243 e. The van der Waals surface area contributed by atoms with Crippen molar-refractivity contribution in [3.05, 3.63) is 35.1 Å². The van der Waals surface area contributed by atoms with Crippen LogP contribution < -0.4 is 11.1 Å². The summed E-state index contributed by atoms with van der Waals surface area (Å²) < 4.78 is 0. The van der Waals surface area contributed by atoms with Crippen molar-refractivity contribution in [3.8, 4) is 10.6 Å². The van der Waals surface area contributed by atoms with Gasteiger partial charge in [-0.15, -0.1) is 11.3 Å². The molecule has 1 aliphatic rings. The third-order valence-electron chi connectivity index (χ3n) is 5.69. The zero-order valence-corrected chi connectivity index (χ0v) is 19.4. The second kappa shape index (κ2) is 9.02. The first-order valence-electron chi connectivity index (χ1n) is 10.4. The van der Waals surface area contributed by atoms with E-state index in [9.17, 15) is 14.7 Å². The smallest absolute Gasteiger partial charge is 0.243 e. The summed E-state index contributed by atoms with van der Waals surface area (Å²) in [6.07, 6.45) is 1.19. The standard InChI is InChI=1S/C22H31N5O3S/c1-12(14-6-7-16(24-9-14)18-13(2)25-11-31-18)26-20(29)17-8-15(28)10-27(17)21(30)19(23)22(3,4)5/h6-7,9,11-12,15,17,19,28H,8,10,23H2,1-5H3,(H,26,29)/t12-,15+,17-,19+/m0/s1. The lowest BCUT2D eigenvalue weighted by molar-refractivity contribution is -0.141. The summed E-state index contributed by atoms with van der Waals surface area (Å²) in [7, 11) is 0. The Labute approximate surface area is 186 Å². The summed E-state index contributed by atoms with van der Waals surface area (Å²) in [5.41, 5.74) is 10.1. The Balaban J connectivity index is 1.69. The van der Waals surface area contributed by atoms with Crippen molar-refractivity contribution >= 4 is 23.2 Å².